The zero-order valence-electron chi connectivity index (χ0n) is 38.5. The minimum Gasteiger partial charge on any atom is -0.165 e. The largest absolute Gasteiger partial charge is 2.00 e. The van der Waals surface area contributed by atoms with Crippen molar-refractivity contribution in [2.24, 2.45) is 0 Å². The fraction of sp³-hybridized carbons (Fsp3) is 0.444. The molecule has 0 atom stereocenters. The van der Waals surface area contributed by atoms with E-state index in [4.69, 9.17) is 0 Å². The van der Waals surface area contributed by atoms with Gasteiger partial charge in [0.05, 0.1) is 0 Å². The van der Waals surface area contributed by atoms with E-state index in [1.54, 1.807) is 0 Å². The van der Waals surface area contributed by atoms with E-state index in [1.165, 1.54) is 88.3 Å². The average Bonchev–Trinajstić information content (AvgIpc) is 3.66. The molecule has 0 spiro atoms. The first-order valence-corrected chi connectivity index (χ1v) is 22.7. The van der Waals surface area contributed by atoms with Crippen LogP contribution in [0.1, 0.15) is 141 Å². The Morgan fingerprint density at radius 1 is 0.429 bits per heavy atom. The molecule has 0 unspecified atom stereocenters. The van der Waals surface area contributed by atoms with Crippen molar-refractivity contribution < 1.29 is 26.2 Å². The summed E-state index contributed by atoms with van der Waals surface area (Å²) in [5.41, 5.74) is 17.2. The second-order valence-electron chi connectivity index (χ2n) is 20.2. The maximum Gasteiger partial charge on any atom is 2.00 e. The molecule has 6 rings (SSSR count). The summed E-state index contributed by atoms with van der Waals surface area (Å²) in [5, 5.41) is 5.50. The standard InChI is InChI=1S/2C26H33.C2H6Si.Zr/c2*1-9-18-12-19-10-17(2)11-23(19)24(13-18)20-14-21(25(3,4)5)16-22(15-20)26(6,7)8;1-3-2;/h2*10-16H,9H2,1-8H3;1-2H3;/q2*-1;;+2. The molecule has 0 aliphatic carbocycles. The second-order valence-corrected chi connectivity index (χ2v) is 21.2. The van der Waals surface area contributed by atoms with Crippen molar-refractivity contribution >= 4 is 31.1 Å². The van der Waals surface area contributed by atoms with E-state index >= 15 is 0 Å². The molecule has 2 radical (unpaired) electrons. The molecule has 0 aliphatic rings. The van der Waals surface area contributed by atoms with E-state index in [-0.39, 0.29) is 47.9 Å². The summed E-state index contributed by atoms with van der Waals surface area (Å²) in [6, 6.07) is 33.2. The van der Waals surface area contributed by atoms with E-state index in [2.05, 4.69) is 209 Å². The van der Waals surface area contributed by atoms with Crippen LogP contribution < -0.4 is 0 Å². The monoisotopic (exact) mass is 838 g/mol. The number of fused-ring (bicyclic) bond motifs is 2. The smallest absolute Gasteiger partial charge is 0.165 e. The average molecular weight is 840 g/mol. The molecule has 0 saturated carbocycles. The molecule has 0 fully saturated rings. The van der Waals surface area contributed by atoms with Crippen LogP contribution in [0.25, 0.3) is 43.8 Å². The minimum atomic E-state index is 0. The van der Waals surface area contributed by atoms with Crippen LogP contribution in [-0.2, 0) is 60.7 Å². The summed E-state index contributed by atoms with van der Waals surface area (Å²) < 4.78 is 0. The van der Waals surface area contributed by atoms with Crippen LogP contribution in [0.3, 0.4) is 0 Å². The van der Waals surface area contributed by atoms with Crippen LogP contribution in [0, 0.1) is 13.8 Å². The van der Waals surface area contributed by atoms with E-state index in [9.17, 15) is 0 Å². The second kappa shape index (κ2) is 18.4. The summed E-state index contributed by atoms with van der Waals surface area (Å²) in [4.78, 5) is 0. The van der Waals surface area contributed by atoms with Crippen molar-refractivity contribution in [2.75, 3.05) is 0 Å². The van der Waals surface area contributed by atoms with Gasteiger partial charge in [-0.25, -0.2) is 0 Å². The first kappa shape index (κ1) is 47.6. The van der Waals surface area contributed by atoms with Gasteiger partial charge in [0.1, 0.15) is 0 Å². The number of benzene rings is 4. The zero-order valence-corrected chi connectivity index (χ0v) is 42.0. The molecule has 6 aromatic rings. The third kappa shape index (κ3) is 11.7. The molecule has 0 bridgehead atoms. The molecule has 0 N–H and O–H groups in total. The van der Waals surface area contributed by atoms with Crippen LogP contribution in [0.5, 0.6) is 0 Å². The van der Waals surface area contributed by atoms with Crippen LogP contribution in [0.15, 0.2) is 84.9 Å². The van der Waals surface area contributed by atoms with Gasteiger partial charge in [-0.2, -0.15) is 12.1 Å². The third-order valence-electron chi connectivity index (χ3n) is 10.8. The fourth-order valence-electron chi connectivity index (χ4n) is 7.25. The summed E-state index contributed by atoms with van der Waals surface area (Å²) in [7, 11) is 1.08. The number of aryl methyl sites for hydroxylation is 4. The Labute approximate surface area is 365 Å². The van der Waals surface area contributed by atoms with Crippen molar-refractivity contribution in [2.45, 2.75) is 158 Å². The van der Waals surface area contributed by atoms with E-state index in [0.717, 1.165) is 22.4 Å². The molecule has 0 amide bonds. The Hall–Kier alpha value is -2.80. The first-order chi connectivity index (χ1) is 25.4. The molecule has 0 aliphatic heterocycles. The van der Waals surface area contributed by atoms with Crippen molar-refractivity contribution in [1.29, 1.82) is 0 Å². The maximum absolute atomic E-state index is 2.41. The van der Waals surface area contributed by atoms with Gasteiger partial charge in [-0.15, -0.1) is 56.9 Å². The van der Waals surface area contributed by atoms with Gasteiger partial charge in [-0.05, 0) is 67.9 Å². The number of hydrogen-bond acceptors (Lipinski definition) is 0. The van der Waals surface area contributed by atoms with E-state index < -0.39 is 0 Å². The molecule has 296 valence electrons. The van der Waals surface area contributed by atoms with Gasteiger partial charge >= 0.3 is 26.2 Å². The van der Waals surface area contributed by atoms with Gasteiger partial charge in [-0.1, -0.05) is 195 Å². The Morgan fingerprint density at radius 2 is 0.696 bits per heavy atom. The van der Waals surface area contributed by atoms with Gasteiger partial charge < -0.3 is 0 Å². The summed E-state index contributed by atoms with van der Waals surface area (Å²) >= 11 is 0. The van der Waals surface area contributed by atoms with E-state index in [1.807, 2.05) is 0 Å². The third-order valence-corrected chi connectivity index (χ3v) is 10.8. The van der Waals surface area contributed by atoms with Crippen LogP contribution in [0.2, 0.25) is 13.1 Å². The molecule has 0 saturated heterocycles. The molecular formula is C54H72SiZr. The van der Waals surface area contributed by atoms with Crippen molar-refractivity contribution in [3.63, 3.8) is 0 Å². The SMILES string of the molecule is CCc1cc(-c2cc(C(C)(C)C)cc(C(C)(C)C)c2)c2cc(C)[cH-]c2c1.CCc1cc(-c2cc(C(C)(C)C)cc(C(C)(C)C)c2)c2cc(C)[cH-]c2c1.C[Si]C.[Zr+2]. The Morgan fingerprint density at radius 3 is 0.929 bits per heavy atom. The first-order valence-electron chi connectivity index (χ1n) is 20.7. The summed E-state index contributed by atoms with van der Waals surface area (Å²) in [5.74, 6) is 0. The zero-order chi connectivity index (χ0) is 41.3. The minimum absolute atomic E-state index is 0. The Bertz CT molecular complexity index is 2000. The molecular weight excluding hydrogens is 768 g/mol. The van der Waals surface area contributed by atoms with Crippen molar-refractivity contribution in [3.05, 3.63) is 129 Å². The maximum atomic E-state index is 2.41. The van der Waals surface area contributed by atoms with Crippen molar-refractivity contribution in [1.82, 2.24) is 0 Å². The van der Waals surface area contributed by atoms with Gasteiger partial charge in [0, 0.05) is 9.52 Å². The number of hydrogen-bond donors (Lipinski definition) is 0. The quantitative estimate of drug-likeness (QED) is 0.123. The predicted molar refractivity (Wildman–Crippen MR) is 250 cm³/mol. The van der Waals surface area contributed by atoms with Gasteiger partial charge in [0.25, 0.3) is 0 Å². The molecule has 2 heteroatoms. The summed E-state index contributed by atoms with van der Waals surface area (Å²) in [6.45, 7) is 40.9. The summed E-state index contributed by atoms with van der Waals surface area (Å²) in [6.07, 6.45) is 2.14. The van der Waals surface area contributed by atoms with Crippen LogP contribution in [-0.4, -0.2) is 9.52 Å². The molecule has 0 aromatic heterocycles. The molecule has 56 heavy (non-hydrogen) atoms. The molecule has 0 nitrogen and oxygen atoms in total. The van der Waals surface area contributed by atoms with Gasteiger partial charge in [0.15, 0.2) is 0 Å². The molecule has 6 aromatic carbocycles. The predicted octanol–water partition coefficient (Wildman–Crippen LogP) is 16.2. The fourth-order valence-corrected chi connectivity index (χ4v) is 7.25. The topological polar surface area (TPSA) is 0 Å². The van der Waals surface area contributed by atoms with Crippen LogP contribution >= 0.6 is 0 Å². The number of rotatable bonds is 4. The van der Waals surface area contributed by atoms with Gasteiger partial charge in [0.2, 0.25) is 0 Å². The Balaban J connectivity index is 0.000000276. The Kier molecular flexibility index (Phi) is 15.6. The van der Waals surface area contributed by atoms with Gasteiger partial charge in [-0.3, -0.25) is 0 Å². The normalized spacial score (nSPS) is 12.2. The van der Waals surface area contributed by atoms with Crippen molar-refractivity contribution in [3.8, 4) is 22.3 Å². The van der Waals surface area contributed by atoms with Crippen LogP contribution in [0.4, 0.5) is 0 Å². The van der Waals surface area contributed by atoms with E-state index in [0.29, 0.717) is 0 Å². The molecule has 0 heterocycles.